The van der Waals surface area contributed by atoms with Gasteiger partial charge in [0, 0.05) is 12.5 Å². The number of benzene rings is 1. The monoisotopic (exact) mass is 227 g/mol. The Morgan fingerprint density at radius 3 is 1.94 bits per heavy atom. The molecule has 0 saturated carbocycles. The largest absolute Gasteiger partial charge is 0.326 e. The second-order valence-corrected chi connectivity index (χ2v) is 5.12. The van der Waals surface area contributed by atoms with Crippen LogP contribution in [0.15, 0.2) is 24.3 Å². The molecule has 0 fully saturated rings. The molecule has 2 N–H and O–H groups in total. The van der Waals surface area contributed by atoms with Gasteiger partial charge in [-0.05, 0) is 16.5 Å². The molecule has 0 heterocycles. The van der Waals surface area contributed by atoms with Crippen LogP contribution in [0.1, 0.15) is 37.8 Å². The summed E-state index contributed by atoms with van der Waals surface area (Å²) in [5, 5.41) is 0. The standard InChI is InChI=1S/C13H19F2N/c1-13(2,3)11(12(14)15)10-6-4-9(8-16)5-7-10/h4-7,11-12H,8,16H2,1-3H3. The van der Waals surface area contributed by atoms with Gasteiger partial charge in [0.15, 0.2) is 0 Å². The maximum Gasteiger partial charge on any atom is 0.245 e. The normalized spacial score (nSPS) is 14.2. The Kier molecular flexibility index (Phi) is 4.03. The Balaban J connectivity index is 3.03. The summed E-state index contributed by atoms with van der Waals surface area (Å²) in [6.07, 6.45) is -2.34. The molecule has 0 amide bonds. The number of rotatable bonds is 3. The molecule has 1 unspecified atom stereocenters. The first-order valence-electron chi connectivity index (χ1n) is 5.43. The van der Waals surface area contributed by atoms with E-state index in [1.807, 2.05) is 32.9 Å². The maximum atomic E-state index is 13.0. The van der Waals surface area contributed by atoms with E-state index in [2.05, 4.69) is 0 Å². The molecule has 1 aromatic carbocycles. The summed E-state index contributed by atoms with van der Waals surface area (Å²) in [7, 11) is 0. The highest BCUT2D eigenvalue weighted by molar-refractivity contribution is 5.27. The van der Waals surface area contributed by atoms with Crippen molar-refractivity contribution in [2.75, 3.05) is 0 Å². The minimum absolute atomic E-state index is 0.440. The van der Waals surface area contributed by atoms with Crippen LogP contribution < -0.4 is 5.73 Å². The van der Waals surface area contributed by atoms with Crippen molar-refractivity contribution in [3.05, 3.63) is 35.4 Å². The average molecular weight is 227 g/mol. The van der Waals surface area contributed by atoms with Crippen LogP contribution in [0.2, 0.25) is 0 Å². The molecule has 16 heavy (non-hydrogen) atoms. The Bertz CT molecular complexity index is 325. The lowest BCUT2D eigenvalue weighted by Gasteiger charge is -2.30. The Morgan fingerprint density at radius 1 is 1.12 bits per heavy atom. The summed E-state index contributed by atoms with van der Waals surface area (Å²) in [6.45, 7) is 5.94. The quantitative estimate of drug-likeness (QED) is 0.839. The predicted molar refractivity (Wildman–Crippen MR) is 62.5 cm³/mol. The predicted octanol–water partition coefficient (Wildman–Crippen LogP) is 3.54. The van der Waals surface area contributed by atoms with Crippen molar-refractivity contribution in [2.24, 2.45) is 11.1 Å². The van der Waals surface area contributed by atoms with E-state index < -0.39 is 17.8 Å². The van der Waals surface area contributed by atoms with Gasteiger partial charge in [0.25, 0.3) is 0 Å². The lowest BCUT2D eigenvalue weighted by Crippen LogP contribution is -2.25. The molecule has 0 aromatic heterocycles. The van der Waals surface area contributed by atoms with Gasteiger partial charge in [0.1, 0.15) is 0 Å². The summed E-state index contributed by atoms with van der Waals surface area (Å²) in [4.78, 5) is 0. The zero-order chi connectivity index (χ0) is 12.3. The van der Waals surface area contributed by atoms with Gasteiger partial charge < -0.3 is 5.73 Å². The number of halogens is 2. The maximum absolute atomic E-state index is 13.0. The zero-order valence-electron chi connectivity index (χ0n) is 10.0. The third-order valence-corrected chi connectivity index (χ3v) is 2.76. The van der Waals surface area contributed by atoms with E-state index in [1.165, 1.54) is 0 Å². The van der Waals surface area contributed by atoms with E-state index >= 15 is 0 Å². The minimum atomic E-state index is -2.34. The van der Waals surface area contributed by atoms with Gasteiger partial charge in [-0.2, -0.15) is 0 Å². The van der Waals surface area contributed by atoms with E-state index in [0.29, 0.717) is 12.1 Å². The summed E-state index contributed by atoms with van der Waals surface area (Å²) in [5.41, 5.74) is 6.67. The molecule has 0 aliphatic carbocycles. The molecule has 1 nitrogen and oxygen atoms in total. The number of hydrogen-bond donors (Lipinski definition) is 1. The van der Waals surface area contributed by atoms with Crippen LogP contribution in [0.25, 0.3) is 0 Å². The number of alkyl halides is 2. The summed E-state index contributed by atoms with van der Waals surface area (Å²) in [6, 6.07) is 7.14. The molecule has 90 valence electrons. The van der Waals surface area contributed by atoms with Crippen molar-refractivity contribution in [3.8, 4) is 0 Å². The zero-order valence-corrected chi connectivity index (χ0v) is 10.0. The van der Waals surface area contributed by atoms with Gasteiger partial charge in [0.2, 0.25) is 6.43 Å². The fourth-order valence-corrected chi connectivity index (χ4v) is 1.88. The summed E-state index contributed by atoms with van der Waals surface area (Å²) < 4.78 is 26.1. The Hall–Kier alpha value is -0.960. The van der Waals surface area contributed by atoms with Crippen LogP contribution in [0, 0.1) is 5.41 Å². The van der Waals surface area contributed by atoms with Crippen LogP contribution in [0.3, 0.4) is 0 Å². The second-order valence-electron chi connectivity index (χ2n) is 5.12. The molecular formula is C13H19F2N. The number of nitrogens with two attached hydrogens (primary N) is 1. The Morgan fingerprint density at radius 2 is 1.62 bits per heavy atom. The fourth-order valence-electron chi connectivity index (χ4n) is 1.88. The van der Waals surface area contributed by atoms with Crippen molar-refractivity contribution in [1.82, 2.24) is 0 Å². The van der Waals surface area contributed by atoms with Crippen LogP contribution in [0.4, 0.5) is 8.78 Å². The molecule has 0 radical (unpaired) electrons. The third-order valence-electron chi connectivity index (χ3n) is 2.76. The molecule has 1 aromatic rings. The van der Waals surface area contributed by atoms with Crippen LogP contribution in [0.5, 0.6) is 0 Å². The highest BCUT2D eigenvalue weighted by Crippen LogP contribution is 2.39. The molecule has 1 atom stereocenters. The van der Waals surface area contributed by atoms with E-state index in [0.717, 1.165) is 5.56 Å². The van der Waals surface area contributed by atoms with Gasteiger partial charge in [-0.3, -0.25) is 0 Å². The van der Waals surface area contributed by atoms with Gasteiger partial charge in [-0.25, -0.2) is 8.78 Å². The van der Waals surface area contributed by atoms with Crippen LogP contribution in [-0.4, -0.2) is 6.43 Å². The molecule has 0 spiro atoms. The van der Waals surface area contributed by atoms with Crippen molar-refractivity contribution in [1.29, 1.82) is 0 Å². The summed E-state index contributed by atoms with van der Waals surface area (Å²) >= 11 is 0. The van der Waals surface area contributed by atoms with Crippen LogP contribution in [-0.2, 0) is 6.54 Å². The molecule has 0 aliphatic rings. The molecule has 0 bridgehead atoms. The molecule has 0 saturated heterocycles. The highest BCUT2D eigenvalue weighted by atomic mass is 19.3. The first-order valence-corrected chi connectivity index (χ1v) is 5.43. The lowest BCUT2D eigenvalue weighted by atomic mass is 9.76. The number of hydrogen-bond acceptors (Lipinski definition) is 1. The first-order chi connectivity index (χ1) is 7.36. The second kappa shape index (κ2) is 4.91. The lowest BCUT2D eigenvalue weighted by molar-refractivity contribution is 0.0623. The molecular weight excluding hydrogens is 208 g/mol. The molecule has 0 aliphatic heterocycles. The molecule has 3 heteroatoms. The third kappa shape index (κ3) is 3.01. The smallest absolute Gasteiger partial charge is 0.245 e. The molecule has 1 rings (SSSR count). The summed E-state index contributed by atoms with van der Waals surface area (Å²) in [5.74, 6) is -0.737. The van der Waals surface area contributed by atoms with Crippen molar-refractivity contribution >= 4 is 0 Å². The van der Waals surface area contributed by atoms with E-state index in [1.54, 1.807) is 12.1 Å². The highest BCUT2D eigenvalue weighted by Gasteiger charge is 2.33. The Labute approximate surface area is 95.7 Å². The van der Waals surface area contributed by atoms with E-state index in [-0.39, 0.29) is 0 Å². The van der Waals surface area contributed by atoms with Gasteiger partial charge >= 0.3 is 0 Å². The van der Waals surface area contributed by atoms with Crippen molar-refractivity contribution in [3.63, 3.8) is 0 Å². The fraction of sp³-hybridized carbons (Fsp3) is 0.538. The van der Waals surface area contributed by atoms with E-state index in [4.69, 9.17) is 5.73 Å². The van der Waals surface area contributed by atoms with Crippen molar-refractivity contribution < 1.29 is 8.78 Å². The van der Waals surface area contributed by atoms with Gasteiger partial charge in [-0.15, -0.1) is 0 Å². The first kappa shape index (κ1) is 13.1. The van der Waals surface area contributed by atoms with Gasteiger partial charge in [-0.1, -0.05) is 45.0 Å². The van der Waals surface area contributed by atoms with E-state index in [9.17, 15) is 8.78 Å². The SMILES string of the molecule is CC(C)(C)C(c1ccc(CN)cc1)C(F)F. The van der Waals surface area contributed by atoms with Gasteiger partial charge in [0.05, 0.1) is 0 Å². The van der Waals surface area contributed by atoms with Crippen molar-refractivity contribution in [2.45, 2.75) is 39.7 Å². The minimum Gasteiger partial charge on any atom is -0.326 e. The van der Waals surface area contributed by atoms with Crippen LogP contribution >= 0.6 is 0 Å². The average Bonchev–Trinajstić information content (AvgIpc) is 2.16. The topological polar surface area (TPSA) is 26.0 Å².